The maximum absolute atomic E-state index is 12.5. The van der Waals surface area contributed by atoms with Crippen molar-refractivity contribution in [2.24, 2.45) is 0 Å². The van der Waals surface area contributed by atoms with E-state index in [0.29, 0.717) is 37.8 Å². The summed E-state index contributed by atoms with van der Waals surface area (Å²) >= 11 is 0. The predicted octanol–water partition coefficient (Wildman–Crippen LogP) is 3.74. The molecule has 5 rings (SSSR count). The van der Waals surface area contributed by atoms with Crippen molar-refractivity contribution in [1.29, 1.82) is 0 Å². The second kappa shape index (κ2) is 9.79. The fourth-order valence-electron chi connectivity index (χ4n) is 3.98. The number of hydrogen-bond acceptors (Lipinski definition) is 7. The van der Waals surface area contributed by atoms with E-state index in [0.717, 1.165) is 48.5 Å². The second-order valence-electron chi connectivity index (χ2n) is 8.17. The maximum atomic E-state index is 12.5. The van der Waals surface area contributed by atoms with E-state index in [9.17, 15) is 4.79 Å². The van der Waals surface area contributed by atoms with Crippen LogP contribution in [0.4, 0.5) is 11.8 Å². The summed E-state index contributed by atoms with van der Waals surface area (Å²) in [6.45, 7) is 5.90. The van der Waals surface area contributed by atoms with Gasteiger partial charge >= 0.3 is 0 Å². The fourth-order valence-corrected chi connectivity index (χ4v) is 4.56. The lowest BCUT2D eigenvalue weighted by Gasteiger charge is -2.23. The Labute approximate surface area is 198 Å². The van der Waals surface area contributed by atoms with Crippen molar-refractivity contribution in [2.45, 2.75) is 25.8 Å². The number of nitrogens with zero attached hydrogens (tertiary/aromatic N) is 4. The van der Waals surface area contributed by atoms with Crippen molar-refractivity contribution < 1.29 is 9.53 Å². The summed E-state index contributed by atoms with van der Waals surface area (Å²) in [5.41, 5.74) is 2.17. The molecule has 11 heteroatoms. The Kier molecular flexibility index (Phi) is 6.42. The Hall–Kier alpha value is -3.49. The number of pyridine rings is 1. The van der Waals surface area contributed by atoms with Crippen molar-refractivity contribution in [2.75, 3.05) is 30.4 Å². The summed E-state index contributed by atoms with van der Waals surface area (Å²) in [5, 5.41) is 15.4. The number of rotatable bonds is 7. The molecule has 1 fully saturated rings. The minimum atomic E-state index is -0.245. The van der Waals surface area contributed by atoms with Gasteiger partial charge in [-0.25, -0.2) is 14.4 Å². The molecule has 1 aromatic carbocycles. The molecule has 1 unspecified atom stereocenters. The van der Waals surface area contributed by atoms with E-state index >= 15 is 0 Å². The molecule has 0 radical (unpaired) electrons. The average molecular weight is 478 g/mol. The number of H-pyrrole nitrogens is 1. The van der Waals surface area contributed by atoms with Crippen molar-refractivity contribution >= 4 is 37.4 Å². The van der Waals surface area contributed by atoms with Gasteiger partial charge in [-0.3, -0.25) is 10.1 Å². The van der Waals surface area contributed by atoms with Crippen LogP contribution in [0.2, 0.25) is 0 Å². The van der Waals surface area contributed by atoms with Crippen LogP contribution in [0.5, 0.6) is 11.5 Å². The van der Waals surface area contributed by atoms with E-state index in [1.54, 1.807) is 36.7 Å². The normalized spacial score (nSPS) is 16.2. The molecule has 10 nitrogen and oxygen atoms in total. The highest BCUT2D eigenvalue weighted by atomic mass is 31.1. The Bertz CT molecular complexity index is 1290. The fraction of sp³-hybridized carbons (Fsp3) is 0.304. The number of aryl methyl sites for hydroxylation is 1. The molecule has 4 aromatic rings. The number of hydrogen-bond donors (Lipinski definition) is 4. The zero-order valence-corrected chi connectivity index (χ0v) is 20.1. The number of anilines is 2. The first-order valence-electron chi connectivity index (χ1n) is 11.2. The van der Waals surface area contributed by atoms with Gasteiger partial charge in [0.25, 0.3) is 5.91 Å². The van der Waals surface area contributed by atoms with E-state index in [2.05, 4.69) is 37.6 Å². The SMILES string of the molecule is CPn1nc(N[C@@H]2CCCNC2)c2c(Oc3ccc(C(=O)Nc4ncc(C)[nH]4)cc3)ccnc21. The average Bonchev–Trinajstić information content (AvgIpc) is 3.43. The van der Waals surface area contributed by atoms with Crippen LogP contribution in [0.15, 0.2) is 42.7 Å². The van der Waals surface area contributed by atoms with Gasteiger partial charge in [0.1, 0.15) is 16.9 Å². The molecular formula is C23H27N8O2P. The minimum Gasteiger partial charge on any atom is -0.456 e. The Morgan fingerprint density at radius 3 is 2.79 bits per heavy atom. The van der Waals surface area contributed by atoms with Gasteiger partial charge in [-0.1, -0.05) is 0 Å². The van der Waals surface area contributed by atoms with Crippen LogP contribution in [0, 0.1) is 6.92 Å². The number of ether oxygens (including phenoxy) is 1. The lowest BCUT2D eigenvalue weighted by atomic mass is 10.1. The molecule has 0 bridgehead atoms. The van der Waals surface area contributed by atoms with Gasteiger partial charge in [0.15, 0.2) is 11.5 Å². The number of carbonyl (C=O) groups excluding carboxylic acids is 1. The first-order chi connectivity index (χ1) is 16.6. The molecule has 1 aliphatic heterocycles. The molecule has 3 aromatic heterocycles. The molecule has 1 aliphatic rings. The van der Waals surface area contributed by atoms with Crippen LogP contribution in [0.25, 0.3) is 11.0 Å². The van der Waals surface area contributed by atoms with E-state index in [1.165, 1.54) is 0 Å². The molecule has 2 atom stereocenters. The highest BCUT2D eigenvalue weighted by molar-refractivity contribution is 7.35. The molecule has 0 aliphatic carbocycles. The molecule has 0 saturated carbocycles. The lowest BCUT2D eigenvalue weighted by Crippen LogP contribution is -2.38. The van der Waals surface area contributed by atoms with Crippen LogP contribution in [0.3, 0.4) is 0 Å². The number of carbonyl (C=O) groups is 1. The first-order valence-corrected chi connectivity index (χ1v) is 12.7. The van der Waals surface area contributed by atoms with E-state index in [1.807, 2.05) is 17.4 Å². The molecule has 4 heterocycles. The van der Waals surface area contributed by atoms with Gasteiger partial charge in [-0.15, -0.1) is 5.10 Å². The Balaban J connectivity index is 1.37. The van der Waals surface area contributed by atoms with Crippen molar-refractivity contribution in [1.82, 2.24) is 29.8 Å². The topological polar surface area (TPSA) is 122 Å². The summed E-state index contributed by atoms with van der Waals surface area (Å²) in [5.74, 6) is 2.25. The van der Waals surface area contributed by atoms with Gasteiger partial charge in [0.2, 0.25) is 5.95 Å². The number of benzene rings is 1. The smallest absolute Gasteiger partial charge is 0.257 e. The summed E-state index contributed by atoms with van der Waals surface area (Å²) in [6, 6.07) is 9.16. The van der Waals surface area contributed by atoms with Crippen molar-refractivity contribution in [3.05, 3.63) is 54.0 Å². The minimum absolute atomic E-state index is 0.245. The van der Waals surface area contributed by atoms with Gasteiger partial charge in [-0.2, -0.15) is 0 Å². The monoisotopic (exact) mass is 478 g/mol. The lowest BCUT2D eigenvalue weighted by molar-refractivity contribution is 0.102. The summed E-state index contributed by atoms with van der Waals surface area (Å²) in [7, 11) is 0.445. The highest BCUT2D eigenvalue weighted by Crippen LogP contribution is 2.36. The highest BCUT2D eigenvalue weighted by Gasteiger charge is 2.21. The standard InChI is InChI=1S/C23H27N8O2P/c1-14-12-26-23(27-14)29-22(32)15-5-7-17(8-6-15)33-18-9-11-25-21-19(18)20(30-31(21)34-2)28-16-4-3-10-24-13-16/h5-9,11-12,16,24,34H,3-4,10,13H2,1-2H3,(H,28,30)(H2,26,27,29,32)/t16-/m1/s1. The number of aromatic amines is 1. The quantitative estimate of drug-likeness (QED) is 0.299. The third-order valence-electron chi connectivity index (χ3n) is 5.66. The van der Waals surface area contributed by atoms with Gasteiger partial charge in [0, 0.05) is 51.0 Å². The van der Waals surface area contributed by atoms with Crippen LogP contribution >= 0.6 is 8.73 Å². The molecule has 1 amide bonds. The van der Waals surface area contributed by atoms with Gasteiger partial charge in [-0.05, 0) is 57.2 Å². The molecule has 4 N–H and O–H groups in total. The van der Waals surface area contributed by atoms with Crippen LogP contribution in [0.1, 0.15) is 28.9 Å². The maximum Gasteiger partial charge on any atom is 0.257 e. The number of fused-ring (bicyclic) bond motifs is 1. The summed E-state index contributed by atoms with van der Waals surface area (Å²) < 4.78 is 8.15. The first kappa shape index (κ1) is 22.3. The largest absolute Gasteiger partial charge is 0.456 e. The number of aromatic nitrogens is 5. The van der Waals surface area contributed by atoms with Crippen LogP contribution in [-0.4, -0.2) is 56.2 Å². The third-order valence-corrected chi connectivity index (χ3v) is 6.39. The molecule has 176 valence electrons. The van der Waals surface area contributed by atoms with E-state index in [4.69, 9.17) is 9.84 Å². The van der Waals surface area contributed by atoms with Crippen molar-refractivity contribution in [3.8, 4) is 11.5 Å². The van der Waals surface area contributed by atoms with E-state index in [-0.39, 0.29) is 5.91 Å². The summed E-state index contributed by atoms with van der Waals surface area (Å²) in [4.78, 5) is 24.1. The Morgan fingerprint density at radius 2 is 2.09 bits per heavy atom. The Morgan fingerprint density at radius 1 is 1.24 bits per heavy atom. The molecule has 34 heavy (non-hydrogen) atoms. The number of amides is 1. The zero-order chi connectivity index (χ0) is 23.5. The summed E-state index contributed by atoms with van der Waals surface area (Å²) in [6.07, 6.45) is 5.62. The number of piperidine rings is 1. The van der Waals surface area contributed by atoms with E-state index < -0.39 is 0 Å². The zero-order valence-electron chi connectivity index (χ0n) is 19.1. The number of nitrogens with one attached hydrogen (secondary N) is 4. The predicted molar refractivity (Wildman–Crippen MR) is 134 cm³/mol. The molecule has 0 spiro atoms. The van der Waals surface area contributed by atoms with Gasteiger partial charge < -0.3 is 20.4 Å². The van der Waals surface area contributed by atoms with Crippen LogP contribution < -0.4 is 20.7 Å². The third kappa shape index (κ3) is 4.73. The molecular weight excluding hydrogens is 451 g/mol. The van der Waals surface area contributed by atoms with Crippen LogP contribution in [-0.2, 0) is 0 Å². The molecule has 1 saturated heterocycles. The van der Waals surface area contributed by atoms with Crippen molar-refractivity contribution in [3.63, 3.8) is 0 Å². The number of imidazole rings is 1. The van der Waals surface area contributed by atoms with Gasteiger partial charge in [0.05, 0.1) is 0 Å². The second-order valence-corrected chi connectivity index (χ2v) is 9.05.